The smallest absolute Gasteiger partial charge is 0.310 e. The van der Waals surface area contributed by atoms with Gasteiger partial charge in [-0.15, -0.1) is 18.3 Å². The first-order chi connectivity index (χ1) is 18.5. The molecule has 38 heavy (non-hydrogen) atoms. The Morgan fingerprint density at radius 3 is 2.53 bits per heavy atom. The molecule has 3 heterocycles. The van der Waals surface area contributed by atoms with E-state index in [0.29, 0.717) is 19.5 Å². The van der Waals surface area contributed by atoms with Crippen LogP contribution in [0, 0.1) is 11.8 Å². The minimum atomic E-state index is -0.824. The van der Waals surface area contributed by atoms with Crippen molar-refractivity contribution in [2.75, 3.05) is 19.8 Å². The van der Waals surface area contributed by atoms with Gasteiger partial charge in [-0.1, -0.05) is 66.7 Å². The minimum Gasteiger partial charge on any atom is -0.466 e. The summed E-state index contributed by atoms with van der Waals surface area (Å²) in [7, 11) is 0. The number of amides is 2. The van der Waals surface area contributed by atoms with Gasteiger partial charge < -0.3 is 19.6 Å². The predicted octanol–water partition coefficient (Wildman–Crippen LogP) is 3.59. The van der Waals surface area contributed by atoms with E-state index in [0.717, 1.165) is 17.5 Å². The van der Waals surface area contributed by atoms with E-state index < -0.39 is 28.7 Å². The lowest BCUT2D eigenvalue weighted by Gasteiger charge is -2.39. The number of ether oxygens (including phenoxy) is 1. The molecule has 5 rings (SSSR count). The molecule has 2 aromatic rings. The summed E-state index contributed by atoms with van der Waals surface area (Å²) in [5.74, 6) is -2.07. The van der Waals surface area contributed by atoms with Gasteiger partial charge in [-0.2, -0.15) is 0 Å². The largest absolute Gasteiger partial charge is 0.466 e. The molecule has 1 N–H and O–H groups in total. The summed E-state index contributed by atoms with van der Waals surface area (Å²) >= 11 is 1.60. The zero-order valence-electron chi connectivity index (χ0n) is 21.6. The topological polar surface area (TPSA) is 87.2 Å². The van der Waals surface area contributed by atoms with Crippen LogP contribution in [0.15, 0.2) is 73.3 Å². The van der Waals surface area contributed by atoms with Crippen LogP contribution < -0.4 is 0 Å². The summed E-state index contributed by atoms with van der Waals surface area (Å²) < 4.78 is 4.66. The Bertz CT molecular complexity index is 1190. The maximum atomic E-state index is 14.5. The first-order valence-corrected chi connectivity index (χ1v) is 14.1. The number of rotatable bonds is 10. The third-order valence-corrected chi connectivity index (χ3v) is 10.1. The number of aliphatic hydroxyl groups excluding tert-OH is 1. The average molecular weight is 535 g/mol. The van der Waals surface area contributed by atoms with E-state index >= 15 is 0 Å². The van der Waals surface area contributed by atoms with Gasteiger partial charge in [0.15, 0.2) is 0 Å². The van der Waals surface area contributed by atoms with Gasteiger partial charge >= 0.3 is 5.97 Å². The maximum Gasteiger partial charge on any atom is 0.310 e. The highest BCUT2D eigenvalue weighted by Crippen LogP contribution is 2.67. The summed E-state index contributed by atoms with van der Waals surface area (Å²) in [6.45, 7) is 6.22. The molecule has 0 radical (unpaired) electrons. The Kier molecular flexibility index (Phi) is 7.63. The highest BCUT2D eigenvalue weighted by molar-refractivity contribution is 8.02. The van der Waals surface area contributed by atoms with Crippen LogP contribution in [0.4, 0.5) is 0 Å². The highest BCUT2D eigenvalue weighted by Gasteiger charge is 2.74. The van der Waals surface area contributed by atoms with Gasteiger partial charge in [0.1, 0.15) is 6.04 Å². The fraction of sp³-hybridized carbons (Fsp3) is 0.433. The molecule has 2 unspecified atom stereocenters. The third-order valence-electron chi connectivity index (χ3n) is 8.10. The van der Waals surface area contributed by atoms with Gasteiger partial charge in [-0.25, -0.2) is 0 Å². The number of aliphatic hydroxyl groups is 1. The first kappa shape index (κ1) is 26.5. The molecule has 200 valence electrons. The van der Waals surface area contributed by atoms with Crippen molar-refractivity contribution in [2.45, 2.75) is 48.4 Å². The van der Waals surface area contributed by atoms with E-state index in [2.05, 4.69) is 6.58 Å². The second-order valence-corrected chi connectivity index (χ2v) is 11.8. The average Bonchev–Trinajstić information content (AvgIpc) is 3.58. The van der Waals surface area contributed by atoms with Crippen molar-refractivity contribution < 1.29 is 24.2 Å². The van der Waals surface area contributed by atoms with Crippen molar-refractivity contribution in [3.63, 3.8) is 0 Å². The zero-order chi connectivity index (χ0) is 26.9. The molecule has 2 bridgehead atoms. The predicted molar refractivity (Wildman–Crippen MR) is 146 cm³/mol. The molecule has 3 saturated heterocycles. The van der Waals surface area contributed by atoms with E-state index in [9.17, 15) is 19.5 Å². The van der Waals surface area contributed by atoms with Crippen molar-refractivity contribution >= 4 is 29.5 Å². The van der Waals surface area contributed by atoms with Crippen LogP contribution in [-0.2, 0) is 25.7 Å². The minimum absolute atomic E-state index is 0.0632. The molecule has 8 heteroatoms. The molecule has 7 nitrogen and oxygen atoms in total. The highest BCUT2D eigenvalue weighted by atomic mass is 32.2. The number of esters is 1. The monoisotopic (exact) mass is 534 g/mol. The third kappa shape index (κ3) is 4.33. The summed E-state index contributed by atoms with van der Waals surface area (Å²) in [4.78, 5) is 45.3. The fourth-order valence-electron chi connectivity index (χ4n) is 6.61. The number of thioether (sulfide) groups is 1. The van der Waals surface area contributed by atoms with E-state index in [-0.39, 0.29) is 36.2 Å². The van der Waals surface area contributed by atoms with Gasteiger partial charge in [-0.05, 0) is 30.9 Å². The molecule has 2 amide bonds. The molecule has 2 aromatic carbocycles. The Morgan fingerprint density at radius 1 is 1.21 bits per heavy atom. The number of carbonyl (C=O) groups is 3. The van der Waals surface area contributed by atoms with Crippen molar-refractivity contribution in [3.8, 4) is 0 Å². The SMILES string of the molecule is C=CCN(Cc1ccccc1)C(=O)C1N([C@H](CO)c2ccccc2)C(=O)[C@@H]2[C@H](C(=O)OCC)[C@@H]3CCC12S3. The van der Waals surface area contributed by atoms with Gasteiger partial charge in [0.05, 0.1) is 35.8 Å². The summed E-state index contributed by atoms with van der Waals surface area (Å²) in [5.41, 5.74) is 1.73. The summed E-state index contributed by atoms with van der Waals surface area (Å²) in [6.07, 6.45) is 3.09. The fourth-order valence-corrected chi connectivity index (χ4v) is 8.79. The maximum absolute atomic E-state index is 14.5. The number of hydrogen-bond donors (Lipinski definition) is 1. The summed E-state index contributed by atoms with van der Waals surface area (Å²) in [5, 5.41) is 10.5. The van der Waals surface area contributed by atoms with Crippen molar-refractivity contribution in [1.29, 1.82) is 0 Å². The molecule has 0 aliphatic carbocycles. The van der Waals surface area contributed by atoms with E-state index in [1.165, 1.54) is 0 Å². The second-order valence-electron chi connectivity index (χ2n) is 10.2. The summed E-state index contributed by atoms with van der Waals surface area (Å²) in [6, 6.07) is 17.5. The Morgan fingerprint density at radius 2 is 1.89 bits per heavy atom. The lowest BCUT2D eigenvalue weighted by Crippen LogP contribution is -2.55. The van der Waals surface area contributed by atoms with Gasteiger partial charge in [0, 0.05) is 18.3 Å². The van der Waals surface area contributed by atoms with Gasteiger partial charge in [0.25, 0.3) is 0 Å². The molecule has 1 spiro atoms. The molecule has 3 fully saturated rings. The second kappa shape index (κ2) is 10.9. The number of fused-ring (bicyclic) bond motifs is 1. The zero-order valence-corrected chi connectivity index (χ0v) is 22.4. The molecule has 0 saturated carbocycles. The van der Waals surface area contributed by atoms with E-state index in [1.807, 2.05) is 60.7 Å². The van der Waals surface area contributed by atoms with Crippen molar-refractivity contribution in [3.05, 3.63) is 84.4 Å². The van der Waals surface area contributed by atoms with Crippen LogP contribution in [0.3, 0.4) is 0 Å². The normalized spacial score (nSPS) is 28.2. The molecule has 3 aliphatic heterocycles. The Hall–Kier alpha value is -3.10. The molecule has 3 aliphatic rings. The van der Waals surface area contributed by atoms with Crippen LogP contribution in [0.1, 0.15) is 36.9 Å². The number of hydrogen-bond acceptors (Lipinski definition) is 6. The van der Waals surface area contributed by atoms with Crippen LogP contribution in [0.2, 0.25) is 0 Å². The van der Waals surface area contributed by atoms with Crippen LogP contribution in [0.5, 0.6) is 0 Å². The number of benzene rings is 2. The van der Waals surface area contributed by atoms with Gasteiger partial charge in [0.2, 0.25) is 11.8 Å². The quantitative estimate of drug-likeness (QED) is 0.370. The molecular weight excluding hydrogens is 500 g/mol. The van der Waals surface area contributed by atoms with E-state index in [4.69, 9.17) is 4.74 Å². The van der Waals surface area contributed by atoms with Crippen LogP contribution >= 0.6 is 11.8 Å². The van der Waals surface area contributed by atoms with Crippen LogP contribution in [-0.4, -0.2) is 68.5 Å². The van der Waals surface area contributed by atoms with Crippen LogP contribution in [0.25, 0.3) is 0 Å². The number of likely N-dealkylation sites (tertiary alicyclic amines) is 1. The van der Waals surface area contributed by atoms with Gasteiger partial charge in [-0.3, -0.25) is 14.4 Å². The van der Waals surface area contributed by atoms with Crippen molar-refractivity contribution in [2.24, 2.45) is 11.8 Å². The first-order valence-electron chi connectivity index (χ1n) is 13.2. The molecule has 0 aromatic heterocycles. The molecular formula is C30H34N2O5S. The number of carbonyl (C=O) groups excluding carboxylic acids is 3. The number of nitrogens with zero attached hydrogens (tertiary/aromatic N) is 2. The van der Waals surface area contributed by atoms with E-state index in [1.54, 1.807) is 34.6 Å². The molecule has 6 atom stereocenters. The standard InChI is InChI=1S/C30H34N2O5S/c1-3-17-31(18-20-11-7-5-8-12-20)28(35)26-30-16-15-23(38-30)24(29(36)37-4-2)25(30)27(34)32(26)22(19-33)21-13-9-6-10-14-21/h3,5-14,22-26,33H,1,4,15-19H2,2H3/t22-,23+,24-,25+,26?,30?/m1/s1. The Balaban J connectivity index is 1.60. The Labute approximate surface area is 227 Å². The van der Waals surface area contributed by atoms with Crippen molar-refractivity contribution in [1.82, 2.24) is 9.80 Å². The lowest BCUT2D eigenvalue weighted by molar-refractivity contribution is -0.154. The lowest BCUT2D eigenvalue weighted by atomic mass is 9.71.